The molecule has 0 aromatic carbocycles. The summed E-state index contributed by atoms with van der Waals surface area (Å²) in [5.74, 6) is 0. The monoisotopic (exact) mass is 389 g/mol. The normalized spacial score (nSPS) is 7.92. The number of hydrogen-bond donors (Lipinski definition) is 0. The minimum Gasteiger partial charge on any atom is -0.194 e. The summed E-state index contributed by atoms with van der Waals surface area (Å²) in [4.78, 5) is 0. The van der Waals surface area contributed by atoms with Gasteiger partial charge in [-0.1, -0.05) is 48.0 Å². The second-order valence-corrected chi connectivity index (χ2v) is 3.73. The summed E-state index contributed by atoms with van der Waals surface area (Å²) in [7, 11) is 8.42. The summed E-state index contributed by atoms with van der Waals surface area (Å²) in [5.41, 5.74) is 0. The molecule has 0 aliphatic carbocycles. The van der Waals surface area contributed by atoms with Gasteiger partial charge in [0.1, 0.15) is 6.07 Å². The molecular weight excluding hydrogens is 385 g/mol. The van der Waals surface area contributed by atoms with Crippen molar-refractivity contribution in [3.8, 4) is 6.07 Å². The molecule has 0 N–H and O–H groups in total. The van der Waals surface area contributed by atoms with Crippen molar-refractivity contribution in [3.05, 3.63) is 0 Å². The Morgan fingerprint density at radius 2 is 1.83 bits per heavy atom. The van der Waals surface area contributed by atoms with Crippen molar-refractivity contribution >= 4 is 56.8 Å². The molecule has 0 aliphatic heterocycles. The Morgan fingerprint density at radius 1 is 1.50 bits per heavy atom. The maximum Gasteiger partial charge on any atom is 0.277 e. The van der Waals surface area contributed by atoms with Gasteiger partial charge in [0.15, 0.2) is 0 Å². The summed E-state index contributed by atoms with van der Waals surface area (Å²) < 4.78 is -1.74. The molecule has 0 aromatic rings. The molecule has 12 heavy (non-hydrogen) atoms. The van der Waals surface area contributed by atoms with Crippen LogP contribution >= 0.6 is 34.8 Å². The molecule has 0 aliphatic rings. The van der Waals surface area contributed by atoms with Crippen molar-refractivity contribution in [2.45, 2.75) is 17.0 Å². The van der Waals surface area contributed by atoms with Crippen molar-refractivity contribution in [1.29, 1.82) is 5.26 Å². The molecule has 0 saturated heterocycles. The summed E-state index contributed by atoms with van der Waals surface area (Å²) in [6.45, 7) is 2.04. The molecule has 0 rings (SSSR count). The maximum atomic E-state index is 7.76. The third kappa shape index (κ3) is 30.3. The van der Waals surface area contributed by atoms with Crippen molar-refractivity contribution < 1.29 is 21.1 Å². The molecule has 0 spiro atoms. The van der Waals surface area contributed by atoms with E-state index < -0.39 is 3.79 Å². The number of hydrogen-bond acceptors (Lipinski definition) is 1. The molecule has 62 valence electrons. The molecule has 8 heteroatoms. The first-order valence-corrected chi connectivity index (χ1v) is 3.96. The topological polar surface area (TPSA) is 23.8 Å². The van der Waals surface area contributed by atoms with Crippen LogP contribution in [-0.4, -0.2) is 25.8 Å². The zero-order valence-corrected chi connectivity index (χ0v) is 11.6. The van der Waals surface area contributed by atoms with E-state index in [-0.39, 0.29) is 21.1 Å². The first-order chi connectivity index (χ1) is 4.97. The first-order valence-electron chi connectivity index (χ1n) is 2.82. The Morgan fingerprint density at radius 3 is 1.83 bits per heavy atom. The third-order valence-corrected chi connectivity index (χ3v) is 0.752. The predicted molar refractivity (Wildman–Crippen MR) is 53.6 cm³/mol. The molecule has 0 bridgehead atoms. The van der Waals surface area contributed by atoms with E-state index in [2.05, 4.69) is 0 Å². The summed E-state index contributed by atoms with van der Waals surface area (Å²) in [6.07, 6.45) is 1.04. The second-order valence-electron chi connectivity index (χ2n) is 1.45. The zero-order valence-electron chi connectivity index (χ0n) is 6.43. The molecule has 0 saturated carbocycles. The average molecular weight is 390 g/mol. The zero-order chi connectivity index (χ0) is 9.33. The van der Waals surface area contributed by atoms with E-state index in [0.717, 1.165) is 6.32 Å². The number of rotatable bonds is 2. The largest absolute Gasteiger partial charge is 0.277 e. The molecule has 0 atom stereocenters. The fourth-order valence-corrected chi connectivity index (χ4v) is 0.136. The summed E-state index contributed by atoms with van der Waals surface area (Å²) in [5, 5.41) is 7.76. The minimum absolute atomic E-state index is 0. The minimum atomic E-state index is -1.74. The van der Waals surface area contributed by atoms with E-state index in [4.69, 9.17) is 47.8 Å². The quantitative estimate of drug-likeness (QED) is 0.521. The van der Waals surface area contributed by atoms with E-state index in [1.54, 1.807) is 7.06 Å². The van der Waals surface area contributed by atoms with Crippen LogP contribution in [0.5, 0.6) is 0 Å². The van der Waals surface area contributed by atoms with Gasteiger partial charge in [0.05, 0.1) is 7.17 Å². The summed E-state index contributed by atoms with van der Waals surface area (Å²) >= 11 is 14.7. The van der Waals surface area contributed by atoms with Crippen molar-refractivity contribution in [2.75, 3.05) is 0 Å². The van der Waals surface area contributed by atoms with Crippen LogP contribution in [0.4, 0.5) is 0 Å². The molecule has 0 heterocycles. The number of halogens is 3. The molecule has 0 aromatic heterocycles. The predicted octanol–water partition coefficient (Wildman–Crippen LogP) is 1.71. The molecule has 0 amide bonds. The standard InChI is InChI=1S/C2H5B3.C2Cl3N.W/c1-2-4-5-3;3-2(4,5)1-6;/h2H2,1H3;;. The van der Waals surface area contributed by atoms with E-state index >= 15 is 0 Å². The average Bonchev–Trinajstić information content (AvgIpc) is 1.90. The van der Waals surface area contributed by atoms with Gasteiger partial charge < -0.3 is 0 Å². The number of nitriles is 1. The van der Waals surface area contributed by atoms with Gasteiger partial charge in [0.25, 0.3) is 3.79 Å². The molecule has 4 radical (unpaired) electrons. The van der Waals surface area contributed by atoms with Crippen molar-refractivity contribution in [1.82, 2.24) is 0 Å². The first kappa shape index (κ1) is 18.9. The van der Waals surface area contributed by atoms with Crippen LogP contribution in [0.15, 0.2) is 0 Å². The van der Waals surface area contributed by atoms with Crippen molar-refractivity contribution in [2.24, 2.45) is 0 Å². The van der Waals surface area contributed by atoms with Gasteiger partial charge in [-0.15, -0.1) is 0 Å². The second kappa shape index (κ2) is 12.2. The van der Waals surface area contributed by atoms with E-state index in [1.807, 2.05) is 14.1 Å². The molecule has 1 nitrogen and oxygen atoms in total. The Bertz CT molecular complexity index is 122. The van der Waals surface area contributed by atoms with Crippen molar-refractivity contribution in [3.63, 3.8) is 0 Å². The Balaban J connectivity index is -0.000000126. The van der Waals surface area contributed by atoms with Crippen LogP contribution in [0.25, 0.3) is 0 Å². The van der Waals surface area contributed by atoms with Crippen LogP contribution < -0.4 is 0 Å². The fraction of sp³-hybridized carbons (Fsp3) is 0.750. The Hall–Kier alpha value is 1.24. The van der Waals surface area contributed by atoms with Gasteiger partial charge in [-0.3, -0.25) is 0 Å². The number of alkyl halides is 3. The molecule has 0 unspecified atom stereocenters. The van der Waals surface area contributed by atoms with Gasteiger partial charge in [-0.05, 0) is 0 Å². The maximum absolute atomic E-state index is 7.76. The van der Waals surface area contributed by atoms with E-state index in [1.165, 1.54) is 6.07 Å². The van der Waals surface area contributed by atoms with Gasteiger partial charge in [0, 0.05) is 35.9 Å². The van der Waals surface area contributed by atoms with Crippen LogP contribution in [0.3, 0.4) is 0 Å². The van der Waals surface area contributed by atoms with E-state index in [0.29, 0.717) is 0 Å². The SMILES string of the molecule is N#CC(Cl)(Cl)Cl.[B][B][B]CC.[W]. The van der Waals surface area contributed by atoms with E-state index in [9.17, 15) is 0 Å². The molecule has 0 fully saturated rings. The third-order valence-electron chi connectivity index (χ3n) is 0.499. The van der Waals surface area contributed by atoms with Gasteiger partial charge in [-0.25, -0.2) is 0 Å². The Labute approximate surface area is 106 Å². The van der Waals surface area contributed by atoms with Gasteiger partial charge >= 0.3 is 0 Å². The smallest absolute Gasteiger partial charge is 0.194 e. The fourth-order valence-electron chi connectivity index (χ4n) is 0.136. The van der Waals surface area contributed by atoms with Crippen LogP contribution in [0.2, 0.25) is 6.32 Å². The molecular formula is C4H5B3Cl3NW. The Kier molecular flexibility index (Phi) is 19.3. The van der Waals surface area contributed by atoms with Crippen LogP contribution in [-0.2, 0) is 21.1 Å². The summed E-state index contributed by atoms with van der Waals surface area (Å²) in [6, 6.07) is 1.40. The van der Waals surface area contributed by atoms with Crippen LogP contribution in [0, 0.1) is 11.3 Å². The van der Waals surface area contributed by atoms with Gasteiger partial charge in [-0.2, -0.15) is 5.26 Å². The van der Waals surface area contributed by atoms with Crippen LogP contribution in [0.1, 0.15) is 6.92 Å². The van der Waals surface area contributed by atoms with Gasteiger partial charge in [0.2, 0.25) is 0 Å². The number of nitrogens with zero attached hydrogens (tertiary/aromatic N) is 1.